The van der Waals surface area contributed by atoms with Gasteiger partial charge in [-0.3, -0.25) is 4.79 Å². The number of aliphatic hydroxyl groups excluding tert-OH is 2. The summed E-state index contributed by atoms with van der Waals surface area (Å²) in [5.41, 5.74) is 5.10. The van der Waals surface area contributed by atoms with Crippen molar-refractivity contribution in [1.82, 2.24) is 0 Å². The van der Waals surface area contributed by atoms with Crippen LogP contribution in [0.15, 0.2) is 24.3 Å². The molecule has 17 heavy (non-hydrogen) atoms. The molecule has 92 valence electrons. The molecule has 1 amide bonds. The zero-order chi connectivity index (χ0) is 13.0. The van der Waals surface area contributed by atoms with Crippen molar-refractivity contribution >= 4 is 11.9 Å². The van der Waals surface area contributed by atoms with Gasteiger partial charge in [-0.05, 0) is 17.7 Å². The van der Waals surface area contributed by atoms with Gasteiger partial charge in [-0.25, -0.2) is 4.79 Å². The maximum atomic E-state index is 10.7. The number of aromatic carboxylic acids is 1. The predicted molar refractivity (Wildman–Crippen MR) is 58.2 cm³/mol. The summed E-state index contributed by atoms with van der Waals surface area (Å²) < 4.78 is 0. The molecule has 1 aromatic carbocycles. The minimum absolute atomic E-state index is 0.00664. The van der Waals surface area contributed by atoms with Gasteiger partial charge in [0.2, 0.25) is 5.91 Å². The molecule has 6 heteroatoms. The van der Waals surface area contributed by atoms with Crippen LogP contribution in [0, 0.1) is 0 Å². The zero-order valence-electron chi connectivity index (χ0n) is 8.91. The van der Waals surface area contributed by atoms with Gasteiger partial charge in [0.25, 0.3) is 0 Å². The van der Waals surface area contributed by atoms with Crippen molar-refractivity contribution < 1.29 is 24.9 Å². The Kier molecular flexibility index (Phi) is 4.19. The summed E-state index contributed by atoms with van der Waals surface area (Å²) in [5.74, 6) is -1.88. The number of benzene rings is 1. The lowest BCUT2D eigenvalue weighted by Gasteiger charge is -2.17. The molecule has 0 saturated heterocycles. The van der Waals surface area contributed by atoms with E-state index in [0.29, 0.717) is 0 Å². The highest BCUT2D eigenvalue weighted by atomic mass is 16.4. The van der Waals surface area contributed by atoms with Crippen LogP contribution in [0.3, 0.4) is 0 Å². The fourth-order valence-electron chi connectivity index (χ4n) is 1.40. The van der Waals surface area contributed by atoms with E-state index in [0.717, 1.165) is 0 Å². The maximum absolute atomic E-state index is 10.7. The van der Waals surface area contributed by atoms with E-state index < -0.39 is 30.5 Å². The number of hydrogen-bond donors (Lipinski definition) is 4. The van der Waals surface area contributed by atoms with Crippen LogP contribution in [0.5, 0.6) is 0 Å². The topological polar surface area (TPSA) is 121 Å². The van der Waals surface area contributed by atoms with Crippen molar-refractivity contribution in [3.8, 4) is 0 Å². The molecule has 0 bridgehead atoms. The Bertz CT molecular complexity index is 432. The summed E-state index contributed by atoms with van der Waals surface area (Å²) in [6, 6.07) is 5.50. The first-order valence-electron chi connectivity index (χ1n) is 4.89. The quantitative estimate of drug-likeness (QED) is 0.559. The molecule has 5 N–H and O–H groups in total. The monoisotopic (exact) mass is 239 g/mol. The molecule has 1 aromatic rings. The standard InChI is InChI=1S/C11H13NO5/c12-9(14)5-8(13)10(15)6-2-1-3-7(4-6)11(16)17/h1-4,8,10,13,15H,5H2,(H2,12,14)(H,16,17). The van der Waals surface area contributed by atoms with Crippen molar-refractivity contribution in [2.45, 2.75) is 18.6 Å². The van der Waals surface area contributed by atoms with Crippen molar-refractivity contribution in [1.29, 1.82) is 0 Å². The fraction of sp³-hybridized carbons (Fsp3) is 0.273. The molecule has 0 spiro atoms. The number of rotatable bonds is 5. The number of aliphatic hydroxyl groups is 2. The van der Waals surface area contributed by atoms with E-state index in [1.807, 2.05) is 0 Å². The molecule has 0 aliphatic heterocycles. The molecule has 0 radical (unpaired) electrons. The number of carbonyl (C=O) groups excluding carboxylic acids is 1. The third kappa shape index (κ3) is 3.54. The van der Waals surface area contributed by atoms with Gasteiger partial charge in [0.1, 0.15) is 6.10 Å². The summed E-state index contributed by atoms with van der Waals surface area (Å²) in [4.78, 5) is 21.3. The average molecular weight is 239 g/mol. The summed E-state index contributed by atoms with van der Waals surface area (Å²) in [7, 11) is 0. The first-order chi connectivity index (χ1) is 7.91. The smallest absolute Gasteiger partial charge is 0.335 e. The first kappa shape index (κ1) is 13.1. The number of nitrogens with two attached hydrogens (primary N) is 1. The van der Waals surface area contributed by atoms with Crippen molar-refractivity contribution in [3.63, 3.8) is 0 Å². The fourth-order valence-corrected chi connectivity index (χ4v) is 1.40. The van der Waals surface area contributed by atoms with Gasteiger partial charge in [-0.2, -0.15) is 0 Å². The number of hydrogen-bond acceptors (Lipinski definition) is 4. The average Bonchev–Trinajstić information content (AvgIpc) is 2.27. The lowest BCUT2D eigenvalue weighted by atomic mass is 10.00. The highest BCUT2D eigenvalue weighted by Gasteiger charge is 2.21. The van der Waals surface area contributed by atoms with Crippen molar-refractivity contribution in [3.05, 3.63) is 35.4 Å². The second kappa shape index (κ2) is 5.42. The first-order valence-corrected chi connectivity index (χ1v) is 4.89. The summed E-state index contributed by atoms with van der Waals surface area (Å²) in [6.45, 7) is 0. The molecular weight excluding hydrogens is 226 g/mol. The molecule has 0 aliphatic carbocycles. The summed E-state index contributed by atoms with van der Waals surface area (Å²) in [6.07, 6.45) is -3.09. The number of amides is 1. The van der Waals surface area contributed by atoms with Crippen LogP contribution < -0.4 is 5.73 Å². The molecule has 0 aromatic heterocycles. The van der Waals surface area contributed by atoms with E-state index in [4.69, 9.17) is 10.8 Å². The molecule has 0 fully saturated rings. The third-order valence-corrected chi connectivity index (χ3v) is 2.25. The SMILES string of the molecule is NC(=O)CC(O)C(O)c1cccc(C(=O)O)c1. The zero-order valence-corrected chi connectivity index (χ0v) is 8.91. The summed E-state index contributed by atoms with van der Waals surface area (Å²) in [5, 5.41) is 27.9. The Morgan fingerprint density at radius 1 is 1.29 bits per heavy atom. The number of carbonyl (C=O) groups is 2. The maximum Gasteiger partial charge on any atom is 0.335 e. The van der Waals surface area contributed by atoms with Gasteiger partial charge in [-0.1, -0.05) is 12.1 Å². The highest BCUT2D eigenvalue weighted by molar-refractivity contribution is 5.87. The minimum Gasteiger partial charge on any atom is -0.478 e. The minimum atomic E-state index is -1.35. The van der Waals surface area contributed by atoms with E-state index >= 15 is 0 Å². The summed E-state index contributed by atoms with van der Waals surface area (Å²) >= 11 is 0. The largest absolute Gasteiger partial charge is 0.478 e. The Hall–Kier alpha value is -1.92. The van der Waals surface area contributed by atoms with Gasteiger partial charge < -0.3 is 21.1 Å². The van der Waals surface area contributed by atoms with Gasteiger partial charge in [0.05, 0.1) is 18.1 Å². The highest BCUT2D eigenvalue weighted by Crippen LogP contribution is 2.19. The molecule has 2 atom stereocenters. The van der Waals surface area contributed by atoms with E-state index in [2.05, 4.69) is 0 Å². The molecule has 0 aliphatic rings. The van der Waals surface area contributed by atoms with Gasteiger partial charge in [0.15, 0.2) is 0 Å². The Labute approximate surface area is 97.3 Å². The van der Waals surface area contributed by atoms with Gasteiger partial charge >= 0.3 is 5.97 Å². The van der Waals surface area contributed by atoms with Crippen LogP contribution in [0.25, 0.3) is 0 Å². The second-order valence-electron chi connectivity index (χ2n) is 3.61. The second-order valence-corrected chi connectivity index (χ2v) is 3.61. The van der Waals surface area contributed by atoms with Crippen molar-refractivity contribution in [2.75, 3.05) is 0 Å². The Morgan fingerprint density at radius 3 is 2.47 bits per heavy atom. The van der Waals surface area contributed by atoms with Crippen molar-refractivity contribution in [2.24, 2.45) is 5.73 Å². The number of primary amides is 1. The van der Waals surface area contributed by atoms with Gasteiger partial charge in [-0.15, -0.1) is 0 Å². The molecule has 6 nitrogen and oxygen atoms in total. The van der Waals surface area contributed by atoms with Crippen LogP contribution in [-0.2, 0) is 4.79 Å². The molecule has 0 heterocycles. The lowest BCUT2D eigenvalue weighted by molar-refractivity contribution is -0.121. The van der Waals surface area contributed by atoms with E-state index in [1.54, 1.807) is 0 Å². The normalized spacial score (nSPS) is 14.0. The van der Waals surface area contributed by atoms with Crippen LogP contribution in [0.2, 0.25) is 0 Å². The Morgan fingerprint density at radius 2 is 1.94 bits per heavy atom. The van der Waals surface area contributed by atoms with Crippen LogP contribution in [0.4, 0.5) is 0 Å². The predicted octanol–water partition coefficient (Wildman–Crippen LogP) is -0.346. The van der Waals surface area contributed by atoms with E-state index in [9.17, 15) is 19.8 Å². The molecule has 1 rings (SSSR count). The van der Waals surface area contributed by atoms with Crippen LogP contribution >= 0.6 is 0 Å². The van der Waals surface area contributed by atoms with Crippen LogP contribution in [0.1, 0.15) is 28.4 Å². The Balaban J connectivity index is 2.88. The third-order valence-electron chi connectivity index (χ3n) is 2.25. The molecule has 0 saturated carbocycles. The molecular formula is C11H13NO5. The number of carboxylic acid groups (broad SMARTS) is 1. The van der Waals surface area contributed by atoms with Gasteiger partial charge in [0, 0.05) is 0 Å². The van der Waals surface area contributed by atoms with E-state index in [1.165, 1.54) is 24.3 Å². The molecule has 2 unspecified atom stereocenters. The van der Waals surface area contributed by atoms with Crippen LogP contribution in [-0.4, -0.2) is 33.3 Å². The number of carboxylic acids is 1. The van der Waals surface area contributed by atoms with E-state index in [-0.39, 0.29) is 11.1 Å². The lowest BCUT2D eigenvalue weighted by Crippen LogP contribution is -2.25.